The van der Waals surface area contributed by atoms with E-state index in [9.17, 15) is 4.79 Å². The quantitative estimate of drug-likeness (QED) is 0.535. The maximum Gasteiger partial charge on any atom is 0.280 e. The van der Waals surface area contributed by atoms with E-state index in [1.165, 1.54) is 0 Å². The molecule has 4 rings (SSSR count). The van der Waals surface area contributed by atoms with E-state index in [1.54, 1.807) is 4.68 Å². The van der Waals surface area contributed by atoms with Crippen LogP contribution in [-0.4, -0.2) is 20.7 Å². The maximum absolute atomic E-state index is 13.0. The lowest BCUT2D eigenvalue weighted by Gasteiger charge is -2.05. The van der Waals surface area contributed by atoms with E-state index in [2.05, 4.69) is 15.4 Å². The van der Waals surface area contributed by atoms with Gasteiger partial charge in [0.25, 0.3) is 11.8 Å². The minimum atomic E-state index is -0.349. The number of hydrogen-bond donors (Lipinski definition) is 1. The van der Waals surface area contributed by atoms with E-state index < -0.39 is 0 Å². The van der Waals surface area contributed by atoms with Gasteiger partial charge in [0.05, 0.1) is 5.69 Å². The third kappa shape index (κ3) is 3.82. The number of hydrogen-bond acceptors (Lipinski definition) is 4. The monoisotopic (exact) mass is 386 g/mol. The van der Waals surface area contributed by atoms with Crippen LogP contribution >= 0.6 is 0 Å². The van der Waals surface area contributed by atoms with Gasteiger partial charge in [-0.1, -0.05) is 35.4 Å². The van der Waals surface area contributed by atoms with Gasteiger partial charge in [-0.25, -0.2) is 9.67 Å². The van der Waals surface area contributed by atoms with Crippen LogP contribution in [0.5, 0.6) is 0 Å². The second-order valence-corrected chi connectivity index (χ2v) is 7.20. The molecule has 0 aliphatic heterocycles. The van der Waals surface area contributed by atoms with E-state index in [0.29, 0.717) is 17.5 Å². The molecule has 0 unspecified atom stereocenters. The third-order valence-corrected chi connectivity index (χ3v) is 4.63. The van der Waals surface area contributed by atoms with Crippen LogP contribution < -0.4 is 5.32 Å². The minimum Gasteiger partial charge on any atom is -0.417 e. The molecular weight excluding hydrogens is 364 g/mol. The Hall–Kier alpha value is -3.67. The zero-order valence-corrected chi connectivity index (χ0v) is 16.9. The predicted octanol–water partition coefficient (Wildman–Crippen LogP) is 5.01. The topological polar surface area (TPSA) is 73.0 Å². The maximum atomic E-state index is 13.0. The summed E-state index contributed by atoms with van der Waals surface area (Å²) in [5.41, 5.74) is 5.63. The fourth-order valence-electron chi connectivity index (χ4n) is 3.08. The fraction of sp³-hybridized carbons (Fsp3) is 0.174. The SMILES string of the molecule is Cc1ccc(NC(=O)c2nc(-c3ccc(C)cc3)oc2-n2nc(C)cc2C)cc1. The molecule has 29 heavy (non-hydrogen) atoms. The lowest BCUT2D eigenvalue weighted by atomic mass is 10.1. The molecule has 0 fully saturated rings. The molecule has 0 radical (unpaired) electrons. The summed E-state index contributed by atoms with van der Waals surface area (Å²) in [6.07, 6.45) is 0. The van der Waals surface area contributed by atoms with Gasteiger partial charge in [0.15, 0.2) is 5.69 Å². The standard InChI is InChI=1S/C23H22N4O2/c1-14-5-9-18(10-6-14)22-25-20(21(28)24-19-11-7-15(2)8-12-19)23(29-22)27-17(4)13-16(3)26-27/h5-13H,1-4H3,(H,24,28). The highest BCUT2D eigenvalue weighted by molar-refractivity contribution is 6.05. The first kappa shape index (κ1) is 18.7. The summed E-state index contributed by atoms with van der Waals surface area (Å²) in [7, 11) is 0. The van der Waals surface area contributed by atoms with Crippen molar-refractivity contribution < 1.29 is 9.21 Å². The first-order chi connectivity index (χ1) is 13.9. The molecule has 0 bridgehead atoms. The van der Waals surface area contributed by atoms with Crippen molar-refractivity contribution in [2.75, 3.05) is 5.32 Å². The molecule has 0 saturated carbocycles. The zero-order valence-electron chi connectivity index (χ0n) is 16.9. The Balaban J connectivity index is 1.77. The molecule has 2 aromatic carbocycles. The summed E-state index contributed by atoms with van der Waals surface area (Å²) in [5, 5.41) is 7.36. The number of amides is 1. The summed E-state index contributed by atoms with van der Waals surface area (Å²) in [5.74, 6) is 0.330. The molecule has 4 aromatic rings. The number of carbonyl (C=O) groups is 1. The molecule has 0 saturated heterocycles. The Kier molecular flexibility index (Phi) is 4.76. The summed E-state index contributed by atoms with van der Waals surface area (Å²) in [6.45, 7) is 7.82. The van der Waals surface area contributed by atoms with Gasteiger partial charge >= 0.3 is 0 Å². The first-order valence-electron chi connectivity index (χ1n) is 9.40. The predicted molar refractivity (Wildman–Crippen MR) is 112 cm³/mol. The van der Waals surface area contributed by atoms with Crippen LogP contribution in [0.3, 0.4) is 0 Å². The highest BCUT2D eigenvalue weighted by Gasteiger charge is 2.24. The van der Waals surface area contributed by atoms with Gasteiger partial charge in [-0.3, -0.25) is 4.79 Å². The van der Waals surface area contributed by atoms with Crippen molar-refractivity contribution in [3.05, 3.63) is 82.8 Å². The van der Waals surface area contributed by atoms with Crippen molar-refractivity contribution >= 4 is 11.6 Å². The number of nitrogens with one attached hydrogen (secondary N) is 1. The van der Waals surface area contributed by atoms with Crippen molar-refractivity contribution in [1.29, 1.82) is 0 Å². The van der Waals surface area contributed by atoms with Gasteiger partial charge in [-0.05, 0) is 58.0 Å². The largest absolute Gasteiger partial charge is 0.417 e. The molecule has 0 atom stereocenters. The van der Waals surface area contributed by atoms with Gasteiger partial charge in [0.2, 0.25) is 5.89 Å². The molecule has 2 heterocycles. The molecule has 6 heteroatoms. The van der Waals surface area contributed by atoms with Crippen LogP contribution in [0, 0.1) is 27.7 Å². The highest BCUT2D eigenvalue weighted by atomic mass is 16.4. The third-order valence-electron chi connectivity index (χ3n) is 4.63. The summed E-state index contributed by atoms with van der Waals surface area (Å²) in [6, 6.07) is 17.3. The molecule has 6 nitrogen and oxygen atoms in total. The number of oxazole rings is 1. The lowest BCUT2D eigenvalue weighted by molar-refractivity contribution is 0.102. The Morgan fingerprint density at radius 2 is 1.55 bits per heavy atom. The molecular formula is C23H22N4O2. The number of benzene rings is 2. The van der Waals surface area contributed by atoms with Crippen LogP contribution in [0.25, 0.3) is 17.3 Å². The van der Waals surface area contributed by atoms with E-state index >= 15 is 0 Å². The number of anilines is 1. The average molecular weight is 386 g/mol. The van der Waals surface area contributed by atoms with Gasteiger partial charge in [0.1, 0.15) is 0 Å². The number of carbonyl (C=O) groups excluding carboxylic acids is 1. The number of rotatable bonds is 4. The Morgan fingerprint density at radius 3 is 2.14 bits per heavy atom. The number of nitrogens with zero attached hydrogens (tertiary/aromatic N) is 3. The summed E-state index contributed by atoms with van der Waals surface area (Å²) >= 11 is 0. The van der Waals surface area contributed by atoms with Gasteiger partial charge in [-0.2, -0.15) is 5.10 Å². The molecule has 2 aromatic heterocycles. The molecule has 1 amide bonds. The van der Waals surface area contributed by atoms with Gasteiger partial charge < -0.3 is 9.73 Å². The van der Waals surface area contributed by atoms with Crippen LogP contribution in [0.2, 0.25) is 0 Å². The summed E-state index contributed by atoms with van der Waals surface area (Å²) in [4.78, 5) is 17.5. The smallest absolute Gasteiger partial charge is 0.280 e. The molecule has 0 aliphatic rings. The van der Waals surface area contributed by atoms with Crippen molar-refractivity contribution in [2.45, 2.75) is 27.7 Å². The van der Waals surface area contributed by atoms with Gasteiger partial charge in [-0.15, -0.1) is 0 Å². The number of aromatic nitrogens is 3. The fourth-order valence-corrected chi connectivity index (χ4v) is 3.08. The Labute approximate surface area is 169 Å². The van der Waals surface area contributed by atoms with E-state index in [1.807, 2.05) is 82.3 Å². The van der Waals surface area contributed by atoms with E-state index in [4.69, 9.17) is 4.42 Å². The second-order valence-electron chi connectivity index (χ2n) is 7.20. The van der Waals surface area contributed by atoms with E-state index in [-0.39, 0.29) is 11.6 Å². The van der Waals surface area contributed by atoms with Gasteiger partial charge in [0, 0.05) is 16.9 Å². The molecule has 0 spiro atoms. The molecule has 0 aliphatic carbocycles. The zero-order chi connectivity index (χ0) is 20.5. The van der Waals surface area contributed by atoms with Crippen molar-refractivity contribution in [3.8, 4) is 17.3 Å². The molecule has 146 valence electrons. The average Bonchev–Trinajstić information content (AvgIpc) is 3.27. The van der Waals surface area contributed by atoms with Crippen LogP contribution in [0.15, 0.2) is 59.0 Å². The van der Waals surface area contributed by atoms with Crippen molar-refractivity contribution in [1.82, 2.24) is 14.8 Å². The minimum absolute atomic E-state index is 0.187. The lowest BCUT2D eigenvalue weighted by Crippen LogP contribution is -2.15. The molecule has 1 N–H and O–H groups in total. The Morgan fingerprint density at radius 1 is 0.931 bits per heavy atom. The van der Waals surface area contributed by atoms with Crippen molar-refractivity contribution in [2.24, 2.45) is 0 Å². The Bertz CT molecular complexity index is 1170. The van der Waals surface area contributed by atoms with Crippen LogP contribution in [-0.2, 0) is 0 Å². The highest BCUT2D eigenvalue weighted by Crippen LogP contribution is 2.27. The second kappa shape index (κ2) is 7.39. The first-order valence-corrected chi connectivity index (χ1v) is 9.40. The number of aryl methyl sites for hydroxylation is 4. The van der Waals surface area contributed by atoms with Crippen LogP contribution in [0.4, 0.5) is 5.69 Å². The normalized spacial score (nSPS) is 10.9. The van der Waals surface area contributed by atoms with Crippen molar-refractivity contribution in [3.63, 3.8) is 0 Å². The summed E-state index contributed by atoms with van der Waals surface area (Å²) < 4.78 is 7.64. The van der Waals surface area contributed by atoms with E-state index in [0.717, 1.165) is 28.1 Å². The van der Waals surface area contributed by atoms with Crippen LogP contribution in [0.1, 0.15) is 33.0 Å².